The molecule has 1 heterocycles. The van der Waals surface area contributed by atoms with Crippen molar-refractivity contribution < 1.29 is 14.6 Å². The first-order valence-electron chi connectivity index (χ1n) is 6.46. The van der Waals surface area contributed by atoms with Gasteiger partial charge in [-0.3, -0.25) is 0 Å². The van der Waals surface area contributed by atoms with Gasteiger partial charge in [0.05, 0.1) is 32.0 Å². The van der Waals surface area contributed by atoms with E-state index in [4.69, 9.17) is 14.9 Å². The number of rotatable bonds is 7. The van der Waals surface area contributed by atoms with Gasteiger partial charge in [0.15, 0.2) is 0 Å². The number of aliphatic hydroxyl groups excluding tert-OH is 1. The van der Waals surface area contributed by atoms with Gasteiger partial charge in [-0.25, -0.2) is 0 Å². The van der Waals surface area contributed by atoms with Gasteiger partial charge in [-0.05, 0) is 18.9 Å². The van der Waals surface area contributed by atoms with Crippen molar-refractivity contribution in [2.75, 3.05) is 19.8 Å². The lowest BCUT2D eigenvalue weighted by molar-refractivity contribution is -0.0288. The minimum Gasteiger partial charge on any atom is -0.393 e. The van der Waals surface area contributed by atoms with Crippen LogP contribution in [0.15, 0.2) is 37.0 Å². The molecule has 4 nitrogen and oxygen atoms in total. The molecule has 4 heteroatoms. The van der Waals surface area contributed by atoms with Crippen LogP contribution >= 0.6 is 0 Å². The minimum absolute atomic E-state index is 0.0649. The molecule has 1 rings (SSSR count). The summed E-state index contributed by atoms with van der Waals surface area (Å²) in [5.41, 5.74) is 1.33. The predicted octanol–water partition coefficient (Wildman–Crippen LogP) is 2.11. The molecule has 0 aromatic heterocycles. The summed E-state index contributed by atoms with van der Waals surface area (Å²) in [4.78, 5) is 0. The molecule has 1 fully saturated rings. The normalized spacial score (nSPS) is 25.5. The Morgan fingerprint density at radius 2 is 2.42 bits per heavy atom. The van der Waals surface area contributed by atoms with E-state index in [2.05, 4.69) is 13.2 Å². The highest BCUT2D eigenvalue weighted by molar-refractivity contribution is 5.86. The van der Waals surface area contributed by atoms with Crippen molar-refractivity contribution in [2.24, 2.45) is 5.92 Å². The molecular weight excluding hydrogens is 242 g/mol. The SMILES string of the molecule is C=C/C=C\C(=C)COC[C@H]1C[C@@H]([C@H](C)O)C(=N)CO1. The molecule has 1 aliphatic rings. The maximum atomic E-state index is 9.61. The Morgan fingerprint density at radius 1 is 1.68 bits per heavy atom. The Bertz CT molecular complexity index is 360. The fraction of sp³-hybridized carbons (Fsp3) is 0.533. The summed E-state index contributed by atoms with van der Waals surface area (Å²) in [5, 5.41) is 17.3. The zero-order valence-corrected chi connectivity index (χ0v) is 11.5. The first-order valence-corrected chi connectivity index (χ1v) is 6.46. The van der Waals surface area contributed by atoms with Crippen LogP contribution < -0.4 is 0 Å². The molecule has 1 saturated heterocycles. The monoisotopic (exact) mass is 265 g/mol. The van der Waals surface area contributed by atoms with Crippen LogP contribution in [-0.2, 0) is 9.47 Å². The molecule has 0 aliphatic carbocycles. The third-order valence-corrected chi connectivity index (χ3v) is 3.08. The topological polar surface area (TPSA) is 62.5 Å². The second-order valence-corrected chi connectivity index (χ2v) is 4.81. The molecule has 106 valence electrons. The van der Waals surface area contributed by atoms with Crippen molar-refractivity contribution in [3.8, 4) is 0 Å². The maximum Gasteiger partial charge on any atom is 0.0850 e. The molecule has 3 atom stereocenters. The molecule has 0 radical (unpaired) electrons. The summed E-state index contributed by atoms with van der Waals surface area (Å²) in [7, 11) is 0. The summed E-state index contributed by atoms with van der Waals surface area (Å²) >= 11 is 0. The van der Waals surface area contributed by atoms with Crippen molar-refractivity contribution in [3.05, 3.63) is 37.0 Å². The van der Waals surface area contributed by atoms with Crippen LogP contribution in [0, 0.1) is 11.3 Å². The van der Waals surface area contributed by atoms with E-state index < -0.39 is 6.10 Å². The Morgan fingerprint density at radius 3 is 3.05 bits per heavy atom. The van der Waals surface area contributed by atoms with Gasteiger partial charge in [0.25, 0.3) is 0 Å². The Balaban J connectivity index is 2.30. The molecular formula is C15H23NO3. The molecule has 0 aromatic carbocycles. The number of ether oxygens (including phenoxy) is 2. The first kappa shape index (κ1) is 15.8. The zero-order valence-electron chi connectivity index (χ0n) is 11.5. The van der Waals surface area contributed by atoms with Crippen LogP contribution in [0.25, 0.3) is 0 Å². The van der Waals surface area contributed by atoms with Crippen molar-refractivity contribution in [1.29, 1.82) is 5.41 Å². The van der Waals surface area contributed by atoms with E-state index in [-0.39, 0.29) is 18.6 Å². The van der Waals surface area contributed by atoms with Gasteiger partial charge in [-0.15, -0.1) is 0 Å². The van der Waals surface area contributed by atoms with Crippen molar-refractivity contribution in [2.45, 2.75) is 25.6 Å². The number of allylic oxidation sites excluding steroid dienone is 2. The highest BCUT2D eigenvalue weighted by Crippen LogP contribution is 2.21. The van der Waals surface area contributed by atoms with Crippen LogP contribution in [0.2, 0.25) is 0 Å². The van der Waals surface area contributed by atoms with E-state index in [0.717, 1.165) is 5.57 Å². The molecule has 0 unspecified atom stereocenters. The maximum absolute atomic E-state index is 9.61. The van der Waals surface area contributed by atoms with Crippen LogP contribution in [-0.4, -0.2) is 42.8 Å². The molecule has 0 bridgehead atoms. The molecule has 0 aromatic rings. The third-order valence-electron chi connectivity index (χ3n) is 3.08. The standard InChI is InChI=1S/C15H23NO3/c1-4-5-6-11(2)8-18-9-13-7-14(12(3)17)15(16)10-19-13/h4-6,12-14,16-17H,1-2,7-10H2,3H3/b6-5-,16-15?/t12-,13+,14-/m0/s1. The summed E-state index contributed by atoms with van der Waals surface area (Å²) < 4.78 is 11.0. The molecule has 1 aliphatic heterocycles. The quantitative estimate of drug-likeness (QED) is 0.693. The van der Waals surface area contributed by atoms with E-state index in [1.54, 1.807) is 13.0 Å². The van der Waals surface area contributed by atoms with Gasteiger partial charge in [0.1, 0.15) is 0 Å². The average Bonchev–Trinajstić information content (AvgIpc) is 2.38. The smallest absolute Gasteiger partial charge is 0.0850 e. The Labute approximate surface area is 114 Å². The average molecular weight is 265 g/mol. The highest BCUT2D eigenvalue weighted by Gasteiger charge is 2.30. The van der Waals surface area contributed by atoms with Gasteiger partial charge < -0.3 is 20.0 Å². The van der Waals surface area contributed by atoms with E-state index in [1.807, 2.05) is 12.2 Å². The molecule has 0 amide bonds. The van der Waals surface area contributed by atoms with Crippen LogP contribution in [0.4, 0.5) is 0 Å². The fourth-order valence-electron chi connectivity index (χ4n) is 1.99. The van der Waals surface area contributed by atoms with Gasteiger partial charge >= 0.3 is 0 Å². The highest BCUT2D eigenvalue weighted by atomic mass is 16.5. The number of hydrogen-bond donors (Lipinski definition) is 2. The lowest BCUT2D eigenvalue weighted by Gasteiger charge is -2.31. The van der Waals surface area contributed by atoms with Crippen LogP contribution in [0.1, 0.15) is 13.3 Å². The van der Waals surface area contributed by atoms with Gasteiger partial charge in [-0.1, -0.05) is 31.4 Å². The number of nitrogens with one attached hydrogen (secondary N) is 1. The third kappa shape index (κ3) is 5.51. The van der Waals surface area contributed by atoms with Crippen LogP contribution in [0.3, 0.4) is 0 Å². The fourth-order valence-corrected chi connectivity index (χ4v) is 1.99. The van der Waals surface area contributed by atoms with Crippen molar-refractivity contribution >= 4 is 5.71 Å². The summed E-state index contributed by atoms with van der Waals surface area (Å²) in [6.45, 7) is 10.3. The van der Waals surface area contributed by atoms with E-state index in [0.29, 0.717) is 25.3 Å². The molecule has 0 spiro atoms. The van der Waals surface area contributed by atoms with Gasteiger partial charge in [-0.2, -0.15) is 0 Å². The van der Waals surface area contributed by atoms with E-state index in [1.165, 1.54) is 0 Å². The first-order chi connectivity index (χ1) is 9.04. The lowest BCUT2D eigenvalue weighted by atomic mass is 9.89. The van der Waals surface area contributed by atoms with E-state index >= 15 is 0 Å². The second kappa shape index (κ2) is 8.04. The number of hydrogen-bond acceptors (Lipinski definition) is 4. The molecule has 0 saturated carbocycles. The largest absolute Gasteiger partial charge is 0.393 e. The Kier molecular flexibility index (Phi) is 6.70. The number of aliphatic hydroxyl groups is 1. The van der Waals surface area contributed by atoms with Crippen molar-refractivity contribution in [1.82, 2.24) is 0 Å². The molecule has 2 N–H and O–H groups in total. The van der Waals surface area contributed by atoms with Gasteiger partial charge in [0, 0.05) is 11.6 Å². The summed E-state index contributed by atoms with van der Waals surface area (Å²) in [5.74, 6) is -0.119. The van der Waals surface area contributed by atoms with Gasteiger partial charge in [0.2, 0.25) is 0 Å². The Hall–Kier alpha value is -1.23. The molecule has 19 heavy (non-hydrogen) atoms. The van der Waals surface area contributed by atoms with Crippen molar-refractivity contribution in [3.63, 3.8) is 0 Å². The zero-order chi connectivity index (χ0) is 14.3. The second-order valence-electron chi connectivity index (χ2n) is 4.81. The summed E-state index contributed by atoms with van der Waals surface area (Å²) in [6.07, 6.45) is 5.41. The predicted molar refractivity (Wildman–Crippen MR) is 76.6 cm³/mol. The minimum atomic E-state index is -0.510. The summed E-state index contributed by atoms with van der Waals surface area (Å²) in [6, 6.07) is 0. The van der Waals surface area contributed by atoms with Crippen LogP contribution in [0.5, 0.6) is 0 Å². The lowest BCUT2D eigenvalue weighted by Crippen LogP contribution is -2.40. The van der Waals surface area contributed by atoms with E-state index in [9.17, 15) is 5.11 Å².